The highest BCUT2D eigenvalue weighted by molar-refractivity contribution is 6.30. The minimum atomic E-state index is -0.0480. The fraction of sp³-hybridized carbons (Fsp3) is 0.338. The second-order valence-corrected chi connectivity index (χ2v) is 28.0. The molecule has 6 nitrogen and oxygen atoms in total. The van der Waals surface area contributed by atoms with E-state index in [0.29, 0.717) is 17.8 Å². The Hall–Kier alpha value is -7.69. The molecule has 9 aromatic carbocycles. The average Bonchev–Trinajstić information content (AvgIpc) is 1.65. The number of nitrogens with zero attached hydrogens (tertiary/aromatic N) is 6. The second kappa shape index (κ2) is 21.8. The van der Waals surface area contributed by atoms with Gasteiger partial charge in [-0.2, -0.15) is 0 Å². The summed E-state index contributed by atoms with van der Waals surface area (Å²) in [6.45, 7) is 30.7. The molecule has 0 fully saturated rings. The Kier molecular flexibility index (Phi) is 14.7. The van der Waals surface area contributed by atoms with Crippen LogP contribution in [0, 0.1) is 43.1 Å². The van der Waals surface area contributed by atoms with Gasteiger partial charge < -0.3 is 26.1 Å². The first-order chi connectivity index (χ1) is 41.8. The van der Waals surface area contributed by atoms with Crippen molar-refractivity contribution in [1.82, 2.24) is 27.4 Å². The molecule has 6 heterocycles. The van der Waals surface area contributed by atoms with Crippen molar-refractivity contribution in [3.63, 3.8) is 0 Å². The highest BCUT2D eigenvalue weighted by Crippen LogP contribution is 2.39. The molecule has 0 saturated heterocycles. The minimum absolute atomic E-state index is 0. The zero-order valence-electron chi connectivity index (χ0n) is 54.1. The predicted octanol–water partition coefficient (Wildman–Crippen LogP) is 13.1. The zero-order chi connectivity index (χ0) is 60.7. The molecule has 3 aliphatic rings. The van der Waals surface area contributed by atoms with E-state index < -0.39 is 0 Å². The normalized spacial score (nSPS) is 19.6. The van der Waals surface area contributed by atoms with Crippen LogP contribution in [0.1, 0.15) is 148 Å². The highest BCUT2D eigenvalue weighted by atomic mass is 35.5. The molecule has 0 bridgehead atoms. The van der Waals surface area contributed by atoms with Crippen molar-refractivity contribution >= 4 is 76.6 Å². The molecule has 88 heavy (non-hydrogen) atoms. The lowest BCUT2D eigenvalue weighted by Gasteiger charge is -2.29. The summed E-state index contributed by atoms with van der Waals surface area (Å²) in [5, 5.41) is 26.6. The third-order valence-electron chi connectivity index (χ3n) is 21.3. The molecule has 3 aliphatic heterocycles. The van der Waals surface area contributed by atoms with Crippen molar-refractivity contribution < 1.29 is 12.4 Å². The Morgan fingerprint density at radius 3 is 1.24 bits per heavy atom. The lowest BCUT2D eigenvalue weighted by molar-refractivity contribution is -0.0000192. The van der Waals surface area contributed by atoms with E-state index in [1.54, 1.807) is 0 Å². The van der Waals surface area contributed by atoms with Crippen LogP contribution in [0.5, 0.6) is 0 Å². The summed E-state index contributed by atoms with van der Waals surface area (Å²) in [4.78, 5) is 0. The van der Waals surface area contributed by atoms with E-state index in [1.807, 2.05) is 0 Å². The van der Waals surface area contributed by atoms with Crippen LogP contribution in [0.2, 0.25) is 0 Å². The molecule has 0 amide bonds. The second-order valence-electron chi connectivity index (χ2n) is 27.8. The van der Waals surface area contributed by atoms with Gasteiger partial charge in [-0.05, 0) is 182 Å². The maximum atomic E-state index is 5.82. The van der Waals surface area contributed by atoms with Gasteiger partial charge in [0.15, 0.2) is 16.6 Å². The molecule has 0 radical (unpaired) electrons. The molecule has 0 saturated carbocycles. The number of rotatable bonds is 5. The lowest BCUT2D eigenvalue weighted by Crippen LogP contribution is -3.00. The van der Waals surface area contributed by atoms with Gasteiger partial charge in [-0.1, -0.05) is 99.6 Å². The van der Waals surface area contributed by atoms with E-state index in [-0.39, 0.29) is 29.0 Å². The molecule has 12 aromatic rings. The van der Waals surface area contributed by atoms with Crippen molar-refractivity contribution in [3.8, 4) is 11.4 Å². The van der Waals surface area contributed by atoms with Crippen molar-refractivity contribution in [2.45, 2.75) is 163 Å². The highest BCUT2D eigenvalue weighted by Gasteiger charge is 2.40. The van der Waals surface area contributed by atoms with Gasteiger partial charge in [0.1, 0.15) is 14.1 Å². The van der Waals surface area contributed by atoms with Gasteiger partial charge in [-0.15, -0.1) is 4.58 Å². The van der Waals surface area contributed by atoms with Crippen LogP contribution < -0.4 is 42.2 Å². The number of aromatic nitrogens is 3. The first kappa shape index (κ1) is 59.3. The maximum absolute atomic E-state index is 5.82. The number of hydrogen-bond acceptors (Lipinski definition) is 0. The van der Waals surface area contributed by atoms with E-state index in [2.05, 4.69) is 288 Å². The molecule has 3 aromatic heterocycles. The van der Waals surface area contributed by atoms with Crippen LogP contribution in [0.4, 0.5) is 0 Å². The quantitative estimate of drug-likeness (QED) is 0.121. The monoisotopic (exact) mass is 1200 g/mol. The van der Waals surface area contributed by atoms with Gasteiger partial charge in [-0.3, -0.25) is 0 Å². The number of aryl methyl sites for hydroxylation is 3. The maximum Gasteiger partial charge on any atom is 0.241 e. The molecule has 15 rings (SSSR count). The number of benzene rings is 9. The Bertz CT molecular complexity index is 5220. The summed E-state index contributed by atoms with van der Waals surface area (Å²) in [5.74, 6) is 1.49. The standard InChI is InChI=1S/C53H58N4.C27H26ClN2.ClH/c1-11-56-46-25-19-34(38-15-13-17-40(48(38)46)50(56)36-21-23-44-42(28-36)32(3)30-52(5,6)54(44)9)27-35-20-26-47-49-39(35)16-14-18-41(49)51(57(47)12-2)37-22-24-45-43(29-37)33(4)31-53(7,8)55(45)10;1-5-29-24-11-7-9-19-8-6-10-21(25(19)24)26(29)20-12-13-23-22(16-20)18(2)17-27(3,4)30(23)15-14-28;/h13-26,28-29,32-33H,11-12,27,30-31H2,1-10H3;6-13,16,18H,5,17H2,1-4H3;1H/q+2;+1;/p-1. The van der Waals surface area contributed by atoms with Crippen LogP contribution in [0.3, 0.4) is 0 Å². The van der Waals surface area contributed by atoms with Crippen molar-refractivity contribution in [3.05, 3.63) is 227 Å². The largest absolute Gasteiger partial charge is 1.00 e. The molecule has 8 heteroatoms. The number of hydrogen-bond donors (Lipinski definition) is 0. The van der Waals surface area contributed by atoms with E-state index >= 15 is 0 Å². The first-order valence-corrected chi connectivity index (χ1v) is 32.5. The van der Waals surface area contributed by atoms with Crippen LogP contribution in [-0.2, 0) is 26.1 Å². The average molecular weight is 1200 g/mol. The van der Waals surface area contributed by atoms with Gasteiger partial charge in [0, 0.05) is 137 Å². The summed E-state index contributed by atoms with van der Waals surface area (Å²) in [5.41, 5.74) is 11.3. The fourth-order valence-corrected chi connectivity index (χ4v) is 17.1. The van der Waals surface area contributed by atoms with E-state index in [9.17, 15) is 0 Å². The Balaban J connectivity index is 0.000000194. The third-order valence-corrected chi connectivity index (χ3v) is 21.4. The van der Waals surface area contributed by atoms with E-state index in [0.717, 1.165) is 45.3 Å². The van der Waals surface area contributed by atoms with Crippen LogP contribution >= 0.6 is 11.6 Å². The zero-order valence-corrected chi connectivity index (χ0v) is 55.6. The van der Waals surface area contributed by atoms with Crippen molar-refractivity contribution in [2.24, 2.45) is 0 Å². The number of fused-ring (bicyclic) bond motifs is 3. The van der Waals surface area contributed by atoms with Crippen LogP contribution in [-0.4, -0.2) is 44.4 Å². The van der Waals surface area contributed by atoms with Crippen LogP contribution in [0.15, 0.2) is 152 Å². The Morgan fingerprint density at radius 2 is 0.807 bits per heavy atom. The molecule has 0 aliphatic carbocycles. The van der Waals surface area contributed by atoms with Gasteiger partial charge >= 0.3 is 0 Å². The minimum Gasteiger partial charge on any atom is -1.00 e. The van der Waals surface area contributed by atoms with E-state index in [1.165, 1.54) is 141 Å². The summed E-state index contributed by atoms with van der Waals surface area (Å²) in [6, 6.07) is 61.3. The predicted molar refractivity (Wildman–Crippen MR) is 367 cm³/mol. The Labute approximate surface area is 528 Å². The SMILES string of the molecule is CCn1c(=c2ccc3c(c2)C(C)CC(C)(C)[N+]=3C#CCl)c2cccc3cccc1c32.CCn1c(=c2ccc3c(c2)C(C)CC(C)(C)[N+]=3C)c2cccc3c(Cc4ccc5c6c4cccc6c(=c4ccc6c(c4)C(C)CC(C)(C)[N+]=6C)n5CC)ccc1c32.[Cl-]. The molecule has 3 unspecified atom stereocenters. The molecular formula is C80H84Cl2N6+2. The molecular weight excluding hydrogens is 1120 g/mol. The summed E-state index contributed by atoms with van der Waals surface area (Å²) in [7, 11) is 4.52. The van der Waals surface area contributed by atoms with Crippen LogP contribution in [0.25, 0.3) is 65.0 Å². The molecule has 446 valence electrons. The Morgan fingerprint density at radius 1 is 0.443 bits per heavy atom. The smallest absolute Gasteiger partial charge is 0.241 e. The molecule has 0 spiro atoms. The molecule has 3 atom stereocenters. The van der Waals surface area contributed by atoms with Gasteiger partial charge in [0.25, 0.3) is 0 Å². The summed E-state index contributed by atoms with van der Waals surface area (Å²) >= 11 is 5.82. The van der Waals surface area contributed by atoms with Gasteiger partial charge in [0.05, 0.1) is 21.4 Å². The van der Waals surface area contributed by atoms with Gasteiger partial charge in [-0.25, -0.2) is 9.15 Å². The topological polar surface area (TPSA) is 23.8 Å². The summed E-state index contributed by atoms with van der Waals surface area (Å²) < 4.78 is 14.7. The number of halogens is 2. The van der Waals surface area contributed by atoms with Crippen molar-refractivity contribution in [1.29, 1.82) is 0 Å². The van der Waals surface area contributed by atoms with E-state index in [4.69, 9.17) is 11.6 Å². The summed E-state index contributed by atoms with van der Waals surface area (Å²) in [6.07, 6.45) is 4.24. The lowest BCUT2D eigenvalue weighted by atomic mass is 9.83. The first-order valence-electron chi connectivity index (χ1n) is 32.2. The van der Waals surface area contributed by atoms with Gasteiger partial charge in [0.2, 0.25) is 22.1 Å². The third kappa shape index (κ3) is 9.06. The fourth-order valence-electron chi connectivity index (χ4n) is 17.0. The van der Waals surface area contributed by atoms with Crippen molar-refractivity contribution in [2.75, 3.05) is 14.1 Å². The molecule has 0 N–H and O–H groups in total.